The maximum absolute atomic E-state index is 5.70. The van der Waals surface area contributed by atoms with Crippen LogP contribution < -0.4 is 5.73 Å². The molecule has 0 saturated carbocycles. The molecule has 1 atom stereocenters. The van der Waals surface area contributed by atoms with E-state index in [9.17, 15) is 0 Å². The second kappa shape index (κ2) is 7.37. The average Bonchev–Trinajstić information content (AvgIpc) is 3.26. The highest BCUT2D eigenvalue weighted by Crippen LogP contribution is 2.33. The smallest absolute Gasteiger partial charge is 0.121 e. The van der Waals surface area contributed by atoms with Gasteiger partial charge in [0.25, 0.3) is 0 Å². The maximum atomic E-state index is 5.70. The molecule has 4 N–H and O–H groups in total. The highest BCUT2D eigenvalue weighted by molar-refractivity contribution is 5.74. The number of para-hydroxylation sites is 2. The van der Waals surface area contributed by atoms with Crippen LogP contribution in [0.1, 0.15) is 48.9 Å². The summed E-state index contributed by atoms with van der Waals surface area (Å²) in [5, 5.41) is 0. The van der Waals surface area contributed by atoms with E-state index in [1.54, 1.807) is 0 Å². The Morgan fingerprint density at radius 3 is 3.04 bits per heavy atom. The lowest BCUT2D eigenvalue weighted by atomic mass is 9.94. The van der Waals surface area contributed by atoms with E-state index in [-0.39, 0.29) is 0 Å². The first-order valence-corrected chi connectivity index (χ1v) is 9.25. The summed E-state index contributed by atoms with van der Waals surface area (Å²) >= 11 is 0. The largest absolute Gasteiger partial charge is 0.348 e. The third kappa shape index (κ3) is 3.45. The molecule has 3 aromatic rings. The Morgan fingerprint density at radius 2 is 2.16 bits per heavy atom. The summed E-state index contributed by atoms with van der Waals surface area (Å²) in [5.41, 5.74) is 10.3. The zero-order valence-electron chi connectivity index (χ0n) is 14.5. The third-order valence-electron chi connectivity index (χ3n) is 5.10. The van der Waals surface area contributed by atoms with Crippen LogP contribution in [0, 0.1) is 0 Å². The fourth-order valence-corrected chi connectivity index (χ4v) is 3.86. The number of aryl methyl sites for hydroxylation is 1. The van der Waals surface area contributed by atoms with Gasteiger partial charge in [0.2, 0.25) is 0 Å². The Kier molecular flexibility index (Phi) is 4.81. The fourth-order valence-electron chi connectivity index (χ4n) is 3.86. The number of aromatic amines is 2. The lowest BCUT2D eigenvalue weighted by Crippen LogP contribution is -2.32. The van der Waals surface area contributed by atoms with E-state index in [2.05, 4.69) is 32.0 Å². The molecular weight excluding hydrogens is 312 g/mol. The molecule has 1 aromatic carbocycles. The number of benzene rings is 1. The van der Waals surface area contributed by atoms with Gasteiger partial charge in [-0.25, -0.2) is 9.97 Å². The van der Waals surface area contributed by atoms with Gasteiger partial charge >= 0.3 is 0 Å². The van der Waals surface area contributed by atoms with Gasteiger partial charge in [0.05, 0.1) is 35.6 Å². The molecule has 0 saturated heterocycles. The average molecular weight is 338 g/mol. The summed E-state index contributed by atoms with van der Waals surface area (Å²) in [5.74, 6) is 1.02. The quantitative estimate of drug-likeness (QED) is 0.578. The van der Waals surface area contributed by atoms with Crippen LogP contribution in [0.25, 0.3) is 11.0 Å². The summed E-state index contributed by atoms with van der Waals surface area (Å²) in [6.45, 7) is 2.58. The first-order chi connectivity index (χ1) is 12.3. The van der Waals surface area contributed by atoms with Crippen molar-refractivity contribution in [3.63, 3.8) is 0 Å². The van der Waals surface area contributed by atoms with E-state index in [1.807, 2.05) is 18.5 Å². The molecule has 25 heavy (non-hydrogen) atoms. The Labute approximate surface area is 147 Å². The van der Waals surface area contributed by atoms with Crippen molar-refractivity contribution in [3.05, 3.63) is 47.8 Å². The van der Waals surface area contributed by atoms with Gasteiger partial charge in [-0.2, -0.15) is 0 Å². The Hall–Kier alpha value is -2.18. The zero-order valence-corrected chi connectivity index (χ0v) is 14.5. The number of H-pyrrole nitrogens is 2. The lowest BCUT2D eigenvalue weighted by Gasteiger charge is -2.33. The molecule has 2 aromatic heterocycles. The number of nitrogens with two attached hydrogens (primary N) is 1. The minimum Gasteiger partial charge on any atom is -0.348 e. The van der Waals surface area contributed by atoms with Crippen LogP contribution in [0.5, 0.6) is 0 Å². The minimum atomic E-state index is 0.362. The van der Waals surface area contributed by atoms with Gasteiger partial charge in [-0.15, -0.1) is 0 Å². The van der Waals surface area contributed by atoms with Crippen molar-refractivity contribution < 1.29 is 0 Å². The second-order valence-corrected chi connectivity index (χ2v) is 6.84. The van der Waals surface area contributed by atoms with E-state index >= 15 is 0 Å². The van der Waals surface area contributed by atoms with Crippen molar-refractivity contribution in [2.45, 2.75) is 44.7 Å². The van der Waals surface area contributed by atoms with Crippen LogP contribution in [0.4, 0.5) is 0 Å². The highest BCUT2D eigenvalue weighted by atomic mass is 15.2. The van der Waals surface area contributed by atoms with Crippen molar-refractivity contribution in [1.82, 2.24) is 24.8 Å². The van der Waals surface area contributed by atoms with E-state index in [0.29, 0.717) is 6.04 Å². The van der Waals surface area contributed by atoms with Gasteiger partial charge < -0.3 is 15.7 Å². The molecule has 0 bridgehead atoms. The number of aromatic nitrogens is 4. The van der Waals surface area contributed by atoms with Crippen LogP contribution in [0.3, 0.4) is 0 Å². The van der Waals surface area contributed by atoms with Crippen molar-refractivity contribution >= 4 is 11.0 Å². The lowest BCUT2D eigenvalue weighted by molar-refractivity contribution is 0.160. The summed E-state index contributed by atoms with van der Waals surface area (Å²) in [6.07, 6.45) is 7.45. The minimum absolute atomic E-state index is 0.362. The van der Waals surface area contributed by atoms with Crippen molar-refractivity contribution in [2.75, 3.05) is 13.1 Å². The normalized spacial score (nSPS) is 17.3. The monoisotopic (exact) mass is 338 g/mol. The van der Waals surface area contributed by atoms with Crippen LogP contribution in [0.2, 0.25) is 0 Å². The molecular formula is C19H26N6. The Bertz CT molecular complexity index is 787. The number of nitrogens with one attached hydrogen (secondary N) is 2. The first kappa shape index (κ1) is 16.3. The molecule has 0 amide bonds. The number of rotatable bonds is 7. The summed E-state index contributed by atoms with van der Waals surface area (Å²) in [6, 6.07) is 8.57. The number of nitrogens with zero attached hydrogens (tertiary/aromatic N) is 3. The van der Waals surface area contributed by atoms with Gasteiger partial charge in [0.15, 0.2) is 0 Å². The maximum Gasteiger partial charge on any atom is 0.121 e. The predicted octanol–water partition coefficient (Wildman–Crippen LogP) is 2.90. The second-order valence-electron chi connectivity index (χ2n) is 6.84. The van der Waals surface area contributed by atoms with Crippen molar-refractivity contribution in [1.29, 1.82) is 0 Å². The molecule has 2 heterocycles. The van der Waals surface area contributed by atoms with E-state index in [0.717, 1.165) is 62.2 Å². The molecule has 6 nitrogen and oxygen atoms in total. The number of hydrogen-bond donors (Lipinski definition) is 3. The number of imidazole rings is 2. The summed E-state index contributed by atoms with van der Waals surface area (Å²) in [7, 11) is 0. The standard InChI is InChI=1S/C19H26N6/c20-10-3-4-11-25(17-9-5-8-16-19(17)22-13-21-16)12-18-23-14-6-1-2-7-15(14)24-18/h1-2,6-7,13,17H,3-5,8-12,20H2,(H,21,22)(H,23,24). The molecule has 0 radical (unpaired) electrons. The fraction of sp³-hybridized carbons (Fsp3) is 0.474. The SMILES string of the molecule is NCCCCN(Cc1nc2ccccc2[nH]1)C1CCCc2[nH]cnc21. The molecule has 0 aliphatic heterocycles. The van der Waals surface area contributed by atoms with Crippen molar-refractivity contribution in [3.8, 4) is 0 Å². The number of hydrogen-bond acceptors (Lipinski definition) is 4. The van der Waals surface area contributed by atoms with Gasteiger partial charge in [0, 0.05) is 5.69 Å². The molecule has 6 heteroatoms. The topological polar surface area (TPSA) is 86.6 Å². The molecule has 4 rings (SSSR count). The van der Waals surface area contributed by atoms with Crippen LogP contribution in [-0.4, -0.2) is 37.9 Å². The van der Waals surface area contributed by atoms with E-state index in [4.69, 9.17) is 10.7 Å². The molecule has 1 aliphatic rings. The van der Waals surface area contributed by atoms with Crippen LogP contribution in [-0.2, 0) is 13.0 Å². The van der Waals surface area contributed by atoms with Crippen LogP contribution in [0.15, 0.2) is 30.6 Å². The Balaban J connectivity index is 1.58. The van der Waals surface area contributed by atoms with Crippen molar-refractivity contribution in [2.24, 2.45) is 5.73 Å². The highest BCUT2D eigenvalue weighted by Gasteiger charge is 2.28. The molecule has 132 valence electrons. The first-order valence-electron chi connectivity index (χ1n) is 9.25. The Morgan fingerprint density at radius 1 is 1.24 bits per heavy atom. The number of unbranched alkanes of at least 4 members (excludes halogenated alkanes) is 1. The van der Waals surface area contributed by atoms with Gasteiger partial charge in [0.1, 0.15) is 5.82 Å². The molecule has 0 spiro atoms. The molecule has 1 aliphatic carbocycles. The molecule has 1 unspecified atom stereocenters. The van der Waals surface area contributed by atoms with Gasteiger partial charge in [-0.05, 0) is 57.3 Å². The summed E-state index contributed by atoms with van der Waals surface area (Å²) < 4.78 is 0. The summed E-state index contributed by atoms with van der Waals surface area (Å²) in [4.78, 5) is 18.7. The number of fused-ring (bicyclic) bond motifs is 2. The van der Waals surface area contributed by atoms with Gasteiger partial charge in [-0.3, -0.25) is 4.90 Å². The van der Waals surface area contributed by atoms with E-state index in [1.165, 1.54) is 17.8 Å². The van der Waals surface area contributed by atoms with Crippen LogP contribution >= 0.6 is 0 Å². The molecule has 0 fully saturated rings. The zero-order chi connectivity index (χ0) is 17.1. The van der Waals surface area contributed by atoms with Gasteiger partial charge in [-0.1, -0.05) is 12.1 Å². The predicted molar refractivity (Wildman–Crippen MR) is 99.1 cm³/mol. The van der Waals surface area contributed by atoms with E-state index < -0.39 is 0 Å². The third-order valence-corrected chi connectivity index (χ3v) is 5.10.